The lowest BCUT2D eigenvalue weighted by molar-refractivity contribution is 0.531. The monoisotopic (exact) mass is 349 g/mol. The Morgan fingerprint density at radius 1 is 0.500 bits per heavy atom. The van der Waals surface area contributed by atoms with Crippen LogP contribution in [0.4, 0.5) is 0 Å². The molecule has 0 aliphatic heterocycles. The van der Waals surface area contributed by atoms with E-state index in [-0.39, 0.29) is 0 Å². The minimum Gasteiger partial charge on any atom is -0.0654 e. The van der Waals surface area contributed by atoms with Gasteiger partial charge in [0.1, 0.15) is 6.62 Å². The first-order chi connectivity index (χ1) is 10.6. The molecule has 0 rings (SSSR count). The predicted molar refractivity (Wildman–Crippen MR) is 109 cm³/mol. The van der Waals surface area contributed by atoms with Gasteiger partial charge in [-0.15, -0.1) is 0 Å². The van der Waals surface area contributed by atoms with Crippen LogP contribution in [-0.4, -0.2) is 19.5 Å². The van der Waals surface area contributed by atoms with Gasteiger partial charge in [0.05, 0.1) is 30.7 Å². The average molecular weight is 350 g/mol. The highest BCUT2D eigenvalue weighted by Gasteiger charge is 2.20. The summed E-state index contributed by atoms with van der Waals surface area (Å²) in [7, 11) is 0. The largest absolute Gasteiger partial charge is 0.107 e. The highest BCUT2D eigenvalue weighted by atomic mass is 35.7. The molecule has 0 saturated heterocycles. The van der Waals surface area contributed by atoms with Gasteiger partial charge >= 0.3 is 0 Å². The van der Waals surface area contributed by atoms with Crippen LogP contribution in [0.3, 0.4) is 0 Å². The number of unbranched alkanes of at least 4 members (excludes halogenated alkanes) is 15. The van der Waals surface area contributed by atoms with Crippen LogP contribution in [0, 0.1) is 0 Å². The fourth-order valence-electron chi connectivity index (χ4n) is 3.04. The van der Waals surface area contributed by atoms with Crippen LogP contribution in [0.1, 0.15) is 110 Å². The predicted octanol–water partition coefficient (Wildman–Crippen LogP) is 8.68. The van der Waals surface area contributed by atoms with Crippen molar-refractivity contribution in [1.82, 2.24) is 0 Å². The van der Waals surface area contributed by atoms with E-state index in [1.807, 2.05) is 0 Å². The maximum Gasteiger partial charge on any atom is 0.107 e. The van der Waals surface area contributed by atoms with Gasteiger partial charge < -0.3 is 0 Å². The van der Waals surface area contributed by atoms with Crippen molar-refractivity contribution in [2.45, 2.75) is 110 Å². The molecule has 0 amide bonds. The molecule has 0 unspecified atom stereocenters. The molecule has 0 N–H and O–H groups in total. The minimum absolute atomic E-state index is 1.03. The van der Waals surface area contributed by atoms with Crippen molar-refractivity contribution in [3.63, 3.8) is 0 Å². The summed E-state index contributed by atoms with van der Waals surface area (Å²) in [6.07, 6.45) is 24.4. The van der Waals surface area contributed by atoms with Crippen LogP contribution in [0.5, 0.6) is 0 Å². The van der Waals surface area contributed by atoms with Crippen molar-refractivity contribution in [3.05, 3.63) is 0 Å². The minimum atomic E-state index is -1.03. The van der Waals surface area contributed by atoms with Gasteiger partial charge in [-0.05, 0) is 12.8 Å². The van der Waals surface area contributed by atoms with Gasteiger partial charge in [0.2, 0.25) is 0 Å². The van der Waals surface area contributed by atoms with Crippen LogP contribution >= 0.6 is 17.9 Å². The third-order valence-corrected chi connectivity index (χ3v) is 6.43. The van der Waals surface area contributed by atoms with Crippen molar-refractivity contribution in [1.29, 1.82) is 0 Å². The van der Waals surface area contributed by atoms with Crippen LogP contribution in [-0.2, 0) is 0 Å². The van der Waals surface area contributed by atoms with Gasteiger partial charge in [-0.25, -0.2) is 0 Å². The second-order valence-corrected chi connectivity index (χ2v) is 13.8. The number of hydrogen-bond donors (Lipinski definition) is 0. The summed E-state index contributed by atoms with van der Waals surface area (Å²) in [5.74, 6) is 0. The quantitative estimate of drug-likeness (QED) is 0.182. The summed E-state index contributed by atoms with van der Waals surface area (Å²) in [6.45, 7) is 5.73. The van der Waals surface area contributed by atoms with Crippen molar-refractivity contribution in [3.8, 4) is 0 Å². The molecule has 0 fully saturated rings. The Kier molecular flexibility index (Phi) is 17.1. The van der Waals surface area contributed by atoms with Gasteiger partial charge in [-0.1, -0.05) is 96.8 Å². The zero-order valence-electron chi connectivity index (χ0n) is 15.8. The fourth-order valence-corrected chi connectivity index (χ4v) is 4.37. The van der Waals surface area contributed by atoms with Crippen molar-refractivity contribution >= 4 is 17.9 Å². The van der Waals surface area contributed by atoms with E-state index < -0.39 is 6.62 Å². The van der Waals surface area contributed by atoms with Crippen molar-refractivity contribution in [2.75, 3.05) is 19.5 Å². The van der Waals surface area contributed by atoms with Gasteiger partial charge in [-0.3, -0.25) is 0 Å². The van der Waals surface area contributed by atoms with E-state index in [0.29, 0.717) is 0 Å². The molecule has 2 heteroatoms. The molecule has 0 atom stereocenters. The first-order valence-electron chi connectivity index (χ1n) is 10.1. The van der Waals surface area contributed by atoms with Crippen LogP contribution < -0.4 is 0 Å². The van der Waals surface area contributed by atoms with E-state index >= 15 is 0 Å². The average Bonchev–Trinajstić information content (AvgIpc) is 2.45. The standard InChI is InChI=1S/C20H43ClP/c1-4-5-6-7-8-9-10-11-12-13-14-15-16-17-18-19-20-22(2,3)21/h4-20H2,1-3H3/q+1. The Morgan fingerprint density at radius 3 is 1.05 bits per heavy atom. The number of rotatable bonds is 17. The lowest BCUT2D eigenvalue weighted by Crippen LogP contribution is -1.89. The summed E-state index contributed by atoms with van der Waals surface area (Å²) in [6, 6.07) is 0. The second-order valence-electron chi connectivity index (χ2n) is 7.56. The summed E-state index contributed by atoms with van der Waals surface area (Å²) < 4.78 is 0. The molecular formula is C20H43ClP+. The Bertz CT molecular complexity index is 210. The second kappa shape index (κ2) is 16.6. The lowest BCUT2D eigenvalue weighted by Gasteiger charge is -2.07. The SMILES string of the molecule is CCCCCCCCCCCCCCCCCC[P+](C)(C)Cl. The maximum atomic E-state index is 6.31. The maximum absolute atomic E-state index is 6.31. The fraction of sp³-hybridized carbons (Fsp3) is 1.00. The molecule has 0 nitrogen and oxygen atoms in total. The molecule has 0 aromatic heterocycles. The first-order valence-corrected chi connectivity index (χ1v) is 13.9. The highest BCUT2D eigenvalue weighted by molar-refractivity contribution is 7.97. The molecule has 22 heavy (non-hydrogen) atoms. The first kappa shape index (κ1) is 22.7. The third kappa shape index (κ3) is 20.7. The van der Waals surface area contributed by atoms with E-state index in [1.165, 1.54) is 109 Å². The lowest BCUT2D eigenvalue weighted by atomic mass is 10.0. The zero-order chi connectivity index (χ0) is 16.5. The van der Waals surface area contributed by atoms with Gasteiger partial charge in [0.15, 0.2) is 0 Å². The molecule has 0 saturated carbocycles. The summed E-state index contributed by atoms with van der Waals surface area (Å²) >= 11 is 6.31. The molecule has 0 aliphatic carbocycles. The van der Waals surface area contributed by atoms with Gasteiger partial charge in [0, 0.05) is 0 Å². The number of hydrogen-bond acceptors (Lipinski definition) is 0. The van der Waals surface area contributed by atoms with E-state index in [0.717, 1.165) is 0 Å². The summed E-state index contributed by atoms with van der Waals surface area (Å²) in [5.41, 5.74) is 0. The van der Waals surface area contributed by atoms with E-state index in [4.69, 9.17) is 11.2 Å². The Hall–Kier alpha value is 0.720. The van der Waals surface area contributed by atoms with E-state index in [9.17, 15) is 0 Å². The molecular weight excluding hydrogens is 307 g/mol. The molecule has 0 aromatic carbocycles. The molecule has 0 radical (unpaired) electrons. The topological polar surface area (TPSA) is 0 Å². The number of halogens is 1. The van der Waals surface area contributed by atoms with Crippen LogP contribution in [0.15, 0.2) is 0 Å². The molecule has 0 bridgehead atoms. The highest BCUT2D eigenvalue weighted by Crippen LogP contribution is 2.57. The summed E-state index contributed by atoms with van der Waals surface area (Å²) in [4.78, 5) is 0. The molecule has 0 spiro atoms. The molecule has 0 heterocycles. The van der Waals surface area contributed by atoms with Crippen molar-refractivity contribution < 1.29 is 0 Å². The third-order valence-electron chi connectivity index (χ3n) is 4.54. The van der Waals surface area contributed by atoms with Crippen LogP contribution in [0.2, 0.25) is 0 Å². The molecule has 134 valence electrons. The zero-order valence-corrected chi connectivity index (χ0v) is 17.5. The molecule has 0 aromatic rings. The summed E-state index contributed by atoms with van der Waals surface area (Å²) in [5, 5.41) is 0. The van der Waals surface area contributed by atoms with Crippen LogP contribution in [0.25, 0.3) is 0 Å². The normalized spacial score (nSPS) is 12.0. The molecule has 0 aliphatic rings. The van der Waals surface area contributed by atoms with Gasteiger partial charge in [0.25, 0.3) is 0 Å². The van der Waals surface area contributed by atoms with Gasteiger partial charge in [-0.2, -0.15) is 0 Å². The Balaban J connectivity index is 3.00. The van der Waals surface area contributed by atoms with Crippen molar-refractivity contribution in [2.24, 2.45) is 0 Å². The smallest absolute Gasteiger partial charge is 0.0654 e. The Labute approximate surface area is 147 Å². The van der Waals surface area contributed by atoms with E-state index in [1.54, 1.807) is 0 Å². The van der Waals surface area contributed by atoms with E-state index in [2.05, 4.69) is 20.3 Å². The Morgan fingerprint density at radius 2 is 0.773 bits per heavy atom.